The molecule has 0 saturated heterocycles. The summed E-state index contributed by atoms with van der Waals surface area (Å²) in [5.41, 5.74) is -0.0708. The van der Waals surface area contributed by atoms with Crippen LogP contribution in [0.15, 0.2) is 17.6 Å². The molecule has 0 bridgehead atoms. The number of rotatable bonds is 5. The summed E-state index contributed by atoms with van der Waals surface area (Å²) in [6.45, 7) is 7.15. The van der Waals surface area contributed by atoms with Crippen LogP contribution in [-0.2, 0) is 11.8 Å². The van der Waals surface area contributed by atoms with E-state index in [-0.39, 0.29) is 5.41 Å². The molecule has 2 aromatic heterocycles. The normalized spacial score (nSPS) is 11.4. The first-order valence-electron chi connectivity index (χ1n) is 6.68. The lowest BCUT2D eigenvalue weighted by atomic mass is 9.96. The molecule has 0 radical (unpaired) electrons. The molecule has 20 heavy (non-hydrogen) atoms. The highest BCUT2D eigenvalue weighted by atomic mass is 32.1. The van der Waals surface area contributed by atoms with Crippen LogP contribution in [0.4, 0.5) is 11.6 Å². The van der Waals surface area contributed by atoms with Crippen molar-refractivity contribution in [2.45, 2.75) is 32.6 Å². The molecule has 2 N–H and O–H groups in total. The molecular weight excluding hydrogens is 270 g/mol. The topological polar surface area (TPSA) is 62.7 Å². The zero-order valence-electron chi connectivity index (χ0n) is 12.4. The van der Waals surface area contributed by atoms with E-state index in [9.17, 15) is 0 Å². The monoisotopic (exact) mass is 291 g/mol. The van der Waals surface area contributed by atoms with E-state index in [0.29, 0.717) is 0 Å². The first-order valence-corrected chi connectivity index (χ1v) is 7.56. The number of anilines is 2. The Hall–Kier alpha value is -1.69. The summed E-state index contributed by atoms with van der Waals surface area (Å²) in [4.78, 5) is 13.4. The van der Waals surface area contributed by atoms with Crippen LogP contribution in [0, 0.1) is 0 Å². The third kappa shape index (κ3) is 3.90. The Morgan fingerprint density at radius 3 is 2.55 bits per heavy atom. The number of thiazole rings is 1. The molecule has 2 aromatic rings. The van der Waals surface area contributed by atoms with Gasteiger partial charge in [-0.15, -0.1) is 11.3 Å². The minimum absolute atomic E-state index is 0.0708. The van der Waals surface area contributed by atoms with E-state index in [1.807, 2.05) is 24.7 Å². The minimum atomic E-state index is -0.0708. The summed E-state index contributed by atoms with van der Waals surface area (Å²) in [7, 11) is 1.87. The molecule has 0 unspecified atom stereocenters. The van der Waals surface area contributed by atoms with Gasteiger partial charge in [0.2, 0.25) is 0 Å². The second kappa shape index (κ2) is 6.17. The Balaban J connectivity index is 2.06. The summed E-state index contributed by atoms with van der Waals surface area (Å²) < 4.78 is 0. The highest BCUT2D eigenvalue weighted by molar-refractivity contribution is 7.09. The lowest BCUT2D eigenvalue weighted by Crippen LogP contribution is -2.18. The van der Waals surface area contributed by atoms with Crippen molar-refractivity contribution in [3.8, 4) is 0 Å². The van der Waals surface area contributed by atoms with Gasteiger partial charge in [0, 0.05) is 43.1 Å². The standard InChI is InChI=1S/C14H21N5S/c1-14(2,3)13-18-10(15-4)9-11(19-13)16-6-5-12-17-7-8-20-12/h7-9H,5-6H2,1-4H3,(H2,15,16,18,19). The van der Waals surface area contributed by atoms with Crippen molar-refractivity contribution in [3.63, 3.8) is 0 Å². The Morgan fingerprint density at radius 1 is 1.20 bits per heavy atom. The Labute approximate surface area is 123 Å². The van der Waals surface area contributed by atoms with E-state index in [4.69, 9.17) is 0 Å². The largest absolute Gasteiger partial charge is 0.373 e. The molecule has 0 saturated carbocycles. The Kier molecular flexibility index (Phi) is 4.54. The van der Waals surface area contributed by atoms with Crippen LogP contribution in [0.1, 0.15) is 31.6 Å². The molecule has 0 spiro atoms. The van der Waals surface area contributed by atoms with Crippen molar-refractivity contribution < 1.29 is 0 Å². The van der Waals surface area contributed by atoms with Crippen molar-refractivity contribution in [1.29, 1.82) is 0 Å². The van der Waals surface area contributed by atoms with Crippen molar-refractivity contribution in [2.75, 3.05) is 24.2 Å². The number of nitrogens with one attached hydrogen (secondary N) is 2. The average Bonchev–Trinajstić information content (AvgIpc) is 2.90. The van der Waals surface area contributed by atoms with Gasteiger partial charge in [0.25, 0.3) is 0 Å². The molecule has 0 aliphatic heterocycles. The lowest BCUT2D eigenvalue weighted by molar-refractivity contribution is 0.546. The summed E-state index contributed by atoms with van der Waals surface area (Å²) >= 11 is 1.68. The summed E-state index contributed by atoms with van der Waals surface area (Å²) in [5, 5.41) is 9.56. The van der Waals surface area contributed by atoms with Crippen molar-refractivity contribution in [2.24, 2.45) is 0 Å². The summed E-state index contributed by atoms with van der Waals surface area (Å²) in [6.07, 6.45) is 2.74. The highest BCUT2D eigenvalue weighted by Gasteiger charge is 2.18. The van der Waals surface area contributed by atoms with Crippen molar-refractivity contribution in [1.82, 2.24) is 15.0 Å². The van der Waals surface area contributed by atoms with Gasteiger partial charge >= 0.3 is 0 Å². The van der Waals surface area contributed by atoms with Gasteiger partial charge in [-0.3, -0.25) is 0 Å². The van der Waals surface area contributed by atoms with Crippen molar-refractivity contribution >= 4 is 23.0 Å². The maximum absolute atomic E-state index is 4.59. The molecule has 0 aliphatic rings. The van der Waals surface area contributed by atoms with Gasteiger partial charge in [0.1, 0.15) is 17.5 Å². The molecule has 0 atom stereocenters. The number of nitrogens with zero attached hydrogens (tertiary/aromatic N) is 3. The van der Waals surface area contributed by atoms with Crippen molar-refractivity contribution in [3.05, 3.63) is 28.5 Å². The molecule has 6 heteroatoms. The lowest BCUT2D eigenvalue weighted by Gasteiger charge is -2.18. The van der Waals surface area contributed by atoms with Crippen LogP contribution >= 0.6 is 11.3 Å². The van der Waals surface area contributed by atoms with E-state index in [1.165, 1.54) is 0 Å². The molecule has 108 valence electrons. The van der Waals surface area contributed by atoms with Crippen LogP contribution in [0.5, 0.6) is 0 Å². The molecule has 0 amide bonds. The molecule has 0 aliphatic carbocycles. The minimum Gasteiger partial charge on any atom is -0.373 e. The van der Waals surface area contributed by atoms with Crippen LogP contribution in [0.25, 0.3) is 0 Å². The van der Waals surface area contributed by atoms with E-state index in [1.54, 1.807) is 11.3 Å². The van der Waals surface area contributed by atoms with Gasteiger partial charge < -0.3 is 10.6 Å². The second-order valence-corrected chi connectivity index (χ2v) is 6.54. The average molecular weight is 291 g/mol. The smallest absolute Gasteiger partial charge is 0.138 e. The summed E-state index contributed by atoms with van der Waals surface area (Å²) in [6, 6.07) is 1.93. The molecule has 2 rings (SSSR count). The molecule has 5 nitrogen and oxygen atoms in total. The zero-order chi connectivity index (χ0) is 14.6. The maximum Gasteiger partial charge on any atom is 0.138 e. The predicted molar refractivity (Wildman–Crippen MR) is 84.6 cm³/mol. The van der Waals surface area contributed by atoms with Gasteiger partial charge in [-0.2, -0.15) is 0 Å². The first kappa shape index (κ1) is 14.7. The molecule has 2 heterocycles. The Bertz CT molecular complexity index is 545. The van der Waals surface area contributed by atoms with E-state index >= 15 is 0 Å². The van der Waals surface area contributed by atoms with Gasteiger partial charge in [-0.25, -0.2) is 15.0 Å². The van der Waals surface area contributed by atoms with Crippen LogP contribution in [-0.4, -0.2) is 28.5 Å². The highest BCUT2D eigenvalue weighted by Crippen LogP contribution is 2.22. The van der Waals surface area contributed by atoms with Gasteiger partial charge in [-0.1, -0.05) is 20.8 Å². The van der Waals surface area contributed by atoms with Crippen LogP contribution in [0.2, 0.25) is 0 Å². The fourth-order valence-electron chi connectivity index (χ4n) is 1.68. The van der Waals surface area contributed by atoms with E-state index in [0.717, 1.165) is 35.4 Å². The SMILES string of the molecule is CNc1cc(NCCc2nccs2)nc(C(C)(C)C)n1. The summed E-state index contributed by atoms with van der Waals surface area (Å²) in [5.74, 6) is 2.52. The van der Waals surface area contributed by atoms with Crippen LogP contribution in [0.3, 0.4) is 0 Å². The number of aromatic nitrogens is 3. The third-order valence-electron chi connectivity index (χ3n) is 2.78. The fraction of sp³-hybridized carbons (Fsp3) is 0.500. The van der Waals surface area contributed by atoms with E-state index < -0.39 is 0 Å². The number of hydrogen-bond acceptors (Lipinski definition) is 6. The van der Waals surface area contributed by atoms with Gasteiger partial charge in [0.05, 0.1) is 5.01 Å². The molecule has 0 fully saturated rings. The van der Waals surface area contributed by atoms with E-state index in [2.05, 4.69) is 46.4 Å². The second-order valence-electron chi connectivity index (χ2n) is 5.56. The van der Waals surface area contributed by atoms with Gasteiger partial charge in [0.15, 0.2) is 0 Å². The third-order valence-corrected chi connectivity index (χ3v) is 3.62. The quantitative estimate of drug-likeness (QED) is 0.887. The fourth-order valence-corrected chi connectivity index (χ4v) is 2.30. The number of hydrogen-bond donors (Lipinski definition) is 2. The molecular formula is C14H21N5S. The first-order chi connectivity index (χ1) is 9.49. The predicted octanol–water partition coefficient (Wildman–Crippen LogP) is 2.93. The maximum atomic E-state index is 4.59. The molecule has 0 aromatic carbocycles. The van der Waals surface area contributed by atoms with Crippen LogP contribution < -0.4 is 10.6 Å². The van der Waals surface area contributed by atoms with Gasteiger partial charge in [-0.05, 0) is 0 Å². The zero-order valence-corrected chi connectivity index (χ0v) is 13.2. The Morgan fingerprint density at radius 2 is 1.95 bits per heavy atom.